The number of hydrogen-bond acceptors (Lipinski definition) is 2. The summed E-state index contributed by atoms with van der Waals surface area (Å²) in [5.74, 6) is -3.20. The molecule has 1 aliphatic carbocycles. The third-order valence-corrected chi connectivity index (χ3v) is 3.63. The van der Waals surface area contributed by atoms with Gasteiger partial charge in [-0.2, -0.15) is 0 Å². The molecule has 0 saturated heterocycles. The smallest absolute Gasteiger partial charge is 0.328 e. The number of aliphatic carboxylic acids is 1. The third-order valence-electron chi connectivity index (χ3n) is 3.33. The fourth-order valence-corrected chi connectivity index (χ4v) is 2.43. The molecule has 114 valence electrons. The molecule has 1 fully saturated rings. The highest BCUT2D eigenvalue weighted by Gasteiger charge is 2.35. The Morgan fingerprint density at radius 2 is 2.05 bits per heavy atom. The van der Waals surface area contributed by atoms with Crippen LogP contribution in [0.3, 0.4) is 0 Å². The average Bonchev–Trinajstić information content (AvgIpc) is 2.41. The van der Waals surface area contributed by atoms with E-state index < -0.39 is 11.9 Å². The lowest BCUT2D eigenvalue weighted by Gasteiger charge is -2.28. The number of carbonyl (C=O) groups is 1. The zero-order valence-corrected chi connectivity index (χ0v) is 11.9. The Hall–Kier alpha value is -1.62. The first kappa shape index (κ1) is 15.8. The lowest BCUT2D eigenvalue weighted by Crippen LogP contribution is -2.30. The first-order valence-electron chi connectivity index (χ1n) is 6.61. The topological polar surface area (TPSA) is 46.5 Å². The van der Waals surface area contributed by atoms with Crippen LogP contribution in [0.2, 0.25) is 5.02 Å². The van der Waals surface area contributed by atoms with Gasteiger partial charge in [-0.3, -0.25) is 0 Å². The molecule has 2 rings (SSSR count). The van der Waals surface area contributed by atoms with Gasteiger partial charge in [0, 0.05) is 18.9 Å². The van der Waals surface area contributed by atoms with Gasteiger partial charge < -0.3 is 9.84 Å². The Labute approximate surface area is 126 Å². The van der Waals surface area contributed by atoms with Gasteiger partial charge in [-0.1, -0.05) is 17.7 Å². The molecule has 0 amide bonds. The Kier molecular flexibility index (Phi) is 4.83. The lowest BCUT2D eigenvalue weighted by molar-refractivity contribution is -0.131. The van der Waals surface area contributed by atoms with Crippen molar-refractivity contribution >= 4 is 23.6 Å². The highest BCUT2D eigenvalue weighted by molar-refractivity contribution is 6.32. The quantitative estimate of drug-likeness (QED) is 0.838. The Morgan fingerprint density at radius 3 is 2.62 bits per heavy atom. The fraction of sp³-hybridized carbons (Fsp3) is 0.400. The van der Waals surface area contributed by atoms with E-state index in [-0.39, 0.29) is 18.9 Å². The van der Waals surface area contributed by atoms with Crippen molar-refractivity contribution in [2.75, 3.05) is 0 Å². The minimum absolute atomic E-state index is 0.172. The summed E-state index contributed by atoms with van der Waals surface area (Å²) < 4.78 is 31.8. The number of rotatable bonds is 4. The monoisotopic (exact) mass is 316 g/mol. The van der Waals surface area contributed by atoms with E-state index in [1.807, 2.05) is 0 Å². The van der Waals surface area contributed by atoms with Gasteiger partial charge in [0.1, 0.15) is 5.75 Å². The van der Waals surface area contributed by atoms with Crippen LogP contribution >= 0.6 is 11.6 Å². The van der Waals surface area contributed by atoms with Gasteiger partial charge >= 0.3 is 5.97 Å². The van der Waals surface area contributed by atoms with Crippen molar-refractivity contribution in [1.82, 2.24) is 0 Å². The number of alkyl halides is 2. The van der Waals surface area contributed by atoms with Crippen LogP contribution in [-0.4, -0.2) is 23.1 Å². The Morgan fingerprint density at radius 1 is 1.38 bits per heavy atom. The van der Waals surface area contributed by atoms with E-state index in [0.29, 0.717) is 29.2 Å². The van der Waals surface area contributed by atoms with Crippen molar-refractivity contribution in [3.8, 4) is 5.75 Å². The van der Waals surface area contributed by atoms with E-state index in [1.54, 1.807) is 18.2 Å². The van der Waals surface area contributed by atoms with E-state index in [0.717, 1.165) is 6.08 Å². The second kappa shape index (κ2) is 6.43. The SMILES string of the molecule is O=C(O)/C=C/c1ccc(OC2CCC(F)(F)CC2)c(Cl)c1. The molecular weight excluding hydrogens is 302 g/mol. The molecule has 0 aliphatic heterocycles. The second-order valence-corrected chi connectivity index (χ2v) is 5.44. The molecule has 1 aromatic rings. The van der Waals surface area contributed by atoms with Crippen molar-refractivity contribution in [2.45, 2.75) is 37.7 Å². The van der Waals surface area contributed by atoms with Crippen molar-refractivity contribution in [3.05, 3.63) is 34.9 Å². The molecule has 1 aliphatic rings. The molecule has 1 N–H and O–H groups in total. The Balaban J connectivity index is 2.00. The van der Waals surface area contributed by atoms with Crippen molar-refractivity contribution < 1.29 is 23.4 Å². The van der Waals surface area contributed by atoms with Gasteiger partial charge in [0.05, 0.1) is 11.1 Å². The maximum absolute atomic E-state index is 13.1. The first-order valence-corrected chi connectivity index (χ1v) is 6.98. The molecule has 1 aromatic carbocycles. The summed E-state index contributed by atoms with van der Waals surface area (Å²) in [4.78, 5) is 10.4. The number of carboxylic acid groups (broad SMARTS) is 1. The standard InChI is InChI=1S/C15H15ClF2O3/c16-12-9-10(2-4-14(19)20)1-3-13(12)21-11-5-7-15(17,18)8-6-11/h1-4,9,11H,5-8H2,(H,19,20)/b4-2+. The number of halogens is 3. The van der Waals surface area contributed by atoms with E-state index >= 15 is 0 Å². The van der Waals surface area contributed by atoms with Gasteiger partial charge in [0.25, 0.3) is 0 Å². The van der Waals surface area contributed by atoms with Crippen LogP contribution in [-0.2, 0) is 4.79 Å². The fourth-order valence-electron chi connectivity index (χ4n) is 2.19. The molecule has 0 heterocycles. The Bertz CT molecular complexity index is 548. The number of ether oxygens (including phenoxy) is 1. The van der Waals surface area contributed by atoms with Crippen LogP contribution < -0.4 is 4.74 Å². The van der Waals surface area contributed by atoms with Crippen molar-refractivity contribution in [2.24, 2.45) is 0 Å². The van der Waals surface area contributed by atoms with Crippen molar-refractivity contribution in [3.63, 3.8) is 0 Å². The van der Waals surface area contributed by atoms with Gasteiger partial charge in [-0.15, -0.1) is 0 Å². The van der Waals surface area contributed by atoms with Crippen LogP contribution in [0.15, 0.2) is 24.3 Å². The molecule has 0 radical (unpaired) electrons. The molecule has 3 nitrogen and oxygen atoms in total. The van der Waals surface area contributed by atoms with E-state index in [9.17, 15) is 13.6 Å². The molecule has 6 heteroatoms. The van der Waals surface area contributed by atoms with Crippen LogP contribution in [0.1, 0.15) is 31.2 Å². The summed E-state index contributed by atoms with van der Waals surface area (Å²) in [6.07, 6.45) is 2.41. The predicted molar refractivity (Wildman–Crippen MR) is 76.0 cm³/mol. The van der Waals surface area contributed by atoms with Gasteiger partial charge in [-0.25, -0.2) is 13.6 Å². The minimum Gasteiger partial charge on any atom is -0.489 e. The maximum Gasteiger partial charge on any atom is 0.328 e. The summed E-state index contributed by atoms with van der Waals surface area (Å²) in [7, 11) is 0. The predicted octanol–water partition coefficient (Wildman–Crippen LogP) is 4.39. The maximum atomic E-state index is 13.1. The van der Waals surface area contributed by atoms with Gasteiger partial charge in [0.15, 0.2) is 0 Å². The highest BCUT2D eigenvalue weighted by atomic mass is 35.5. The zero-order chi connectivity index (χ0) is 15.5. The van der Waals surface area contributed by atoms with E-state index in [4.69, 9.17) is 21.4 Å². The minimum atomic E-state index is -2.59. The molecule has 0 aromatic heterocycles. The van der Waals surface area contributed by atoms with Crippen LogP contribution in [0.25, 0.3) is 6.08 Å². The molecule has 1 saturated carbocycles. The molecule has 0 bridgehead atoms. The normalized spacial score (nSPS) is 18.8. The van der Waals surface area contributed by atoms with Crippen molar-refractivity contribution in [1.29, 1.82) is 0 Å². The number of hydrogen-bond donors (Lipinski definition) is 1. The highest BCUT2D eigenvalue weighted by Crippen LogP contribution is 2.36. The molecule has 0 spiro atoms. The summed E-state index contributed by atoms with van der Waals surface area (Å²) in [5.41, 5.74) is 0.630. The van der Waals surface area contributed by atoms with Crippen LogP contribution in [0, 0.1) is 0 Å². The van der Waals surface area contributed by atoms with Crippen LogP contribution in [0.5, 0.6) is 5.75 Å². The first-order chi connectivity index (χ1) is 9.85. The molecule has 0 unspecified atom stereocenters. The molecular formula is C15H15ClF2O3. The second-order valence-electron chi connectivity index (χ2n) is 5.03. The molecule has 0 atom stereocenters. The lowest BCUT2D eigenvalue weighted by atomic mass is 9.94. The average molecular weight is 317 g/mol. The summed E-state index contributed by atoms with van der Waals surface area (Å²) in [6, 6.07) is 4.86. The van der Waals surface area contributed by atoms with E-state index in [2.05, 4.69) is 0 Å². The summed E-state index contributed by atoms with van der Waals surface area (Å²) in [6.45, 7) is 0. The summed E-state index contributed by atoms with van der Waals surface area (Å²) in [5, 5.41) is 8.88. The largest absolute Gasteiger partial charge is 0.489 e. The van der Waals surface area contributed by atoms with Gasteiger partial charge in [-0.05, 0) is 36.6 Å². The van der Waals surface area contributed by atoms with Crippen LogP contribution in [0.4, 0.5) is 8.78 Å². The van der Waals surface area contributed by atoms with Gasteiger partial charge in [0.2, 0.25) is 5.92 Å². The number of carboxylic acids is 1. The number of benzene rings is 1. The third kappa shape index (κ3) is 4.70. The molecule has 21 heavy (non-hydrogen) atoms. The zero-order valence-electron chi connectivity index (χ0n) is 11.2. The van der Waals surface area contributed by atoms with E-state index in [1.165, 1.54) is 6.08 Å². The summed E-state index contributed by atoms with van der Waals surface area (Å²) >= 11 is 6.07.